The summed E-state index contributed by atoms with van der Waals surface area (Å²) in [5, 5.41) is 2.88. The quantitative estimate of drug-likeness (QED) is 0.896. The Hall–Kier alpha value is -0.870. The number of rotatable bonds is 3. The average molecular weight is 253 g/mol. The van der Waals surface area contributed by atoms with Crippen molar-refractivity contribution in [3.63, 3.8) is 0 Å². The summed E-state index contributed by atoms with van der Waals surface area (Å²) < 4.78 is 25.0. The van der Waals surface area contributed by atoms with Crippen LogP contribution in [0.3, 0.4) is 0 Å². The van der Waals surface area contributed by atoms with Gasteiger partial charge in [0.05, 0.1) is 10.1 Å². The van der Waals surface area contributed by atoms with E-state index in [1.54, 1.807) is 24.3 Å². The van der Waals surface area contributed by atoms with Gasteiger partial charge < -0.3 is 5.32 Å². The predicted molar refractivity (Wildman–Crippen MR) is 68.7 cm³/mol. The Bertz CT molecular complexity index is 456. The highest BCUT2D eigenvalue weighted by molar-refractivity contribution is 7.92. The molecule has 1 N–H and O–H groups in total. The summed E-state index contributed by atoms with van der Waals surface area (Å²) in [6.45, 7) is 0. The molecule has 2 atom stereocenters. The van der Waals surface area contributed by atoms with Gasteiger partial charge in [-0.2, -0.15) is 0 Å². The van der Waals surface area contributed by atoms with Crippen LogP contribution in [0.25, 0.3) is 0 Å². The Kier molecular flexibility index (Phi) is 3.84. The number of benzene rings is 1. The van der Waals surface area contributed by atoms with Crippen LogP contribution in [0.2, 0.25) is 0 Å². The summed E-state index contributed by atoms with van der Waals surface area (Å²) >= 11 is 0. The highest BCUT2D eigenvalue weighted by atomic mass is 32.2. The van der Waals surface area contributed by atoms with E-state index in [-0.39, 0.29) is 11.3 Å². The lowest BCUT2D eigenvalue weighted by Gasteiger charge is -2.30. The molecule has 1 aliphatic carbocycles. The monoisotopic (exact) mass is 253 g/mol. The van der Waals surface area contributed by atoms with Gasteiger partial charge in [-0.1, -0.05) is 31.0 Å². The van der Waals surface area contributed by atoms with Crippen LogP contribution in [0.4, 0.5) is 0 Å². The first-order valence-corrected chi connectivity index (χ1v) is 7.67. The van der Waals surface area contributed by atoms with Crippen molar-refractivity contribution in [3.05, 3.63) is 30.3 Å². The molecule has 1 aliphatic rings. The van der Waals surface area contributed by atoms with E-state index in [0.29, 0.717) is 4.90 Å². The third-order valence-electron chi connectivity index (χ3n) is 3.54. The molecule has 0 heterocycles. The molecule has 4 heteroatoms. The third-order valence-corrected chi connectivity index (χ3v) is 5.83. The van der Waals surface area contributed by atoms with Crippen molar-refractivity contribution in [1.82, 2.24) is 5.32 Å². The fourth-order valence-electron chi connectivity index (χ4n) is 2.58. The van der Waals surface area contributed by atoms with E-state index in [0.717, 1.165) is 25.7 Å². The molecule has 0 amide bonds. The summed E-state index contributed by atoms with van der Waals surface area (Å²) in [6, 6.07) is 8.88. The van der Waals surface area contributed by atoms with Crippen molar-refractivity contribution < 1.29 is 8.42 Å². The maximum Gasteiger partial charge on any atom is 0.182 e. The zero-order valence-corrected chi connectivity index (χ0v) is 10.9. The number of hydrogen-bond acceptors (Lipinski definition) is 3. The minimum absolute atomic E-state index is 0.0916. The van der Waals surface area contributed by atoms with E-state index in [1.165, 1.54) is 0 Å². The molecular weight excluding hydrogens is 234 g/mol. The highest BCUT2D eigenvalue weighted by Gasteiger charge is 2.35. The Labute approximate surface area is 103 Å². The van der Waals surface area contributed by atoms with E-state index < -0.39 is 9.84 Å². The fraction of sp³-hybridized carbons (Fsp3) is 0.538. The van der Waals surface area contributed by atoms with Gasteiger partial charge in [0.25, 0.3) is 0 Å². The van der Waals surface area contributed by atoms with Crippen LogP contribution in [-0.2, 0) is 9.84 Å². The van der Waals surface area contributed by atoms with Crippen LogP contribution in [0.1, 0.15) is 25.7 Å². The average Bonchev–Trinajstić information content (AvgIpc) is 2.39. The molecule has 1 aromatic rings. The molecule has 2 unspecified atom stereocenters. The van der Waals surface area contributed by atoms with E-state index >= 15 is 0 Å². The molecule has 0 aliphatic heterocycles. The molecule has 3 nitrogen and oxygen atoms in total. The highest BCUT2D eigenvalue weighted by Crippen LogP contribution is 2.28. The minimum Gasteiger partial charge on any atom is -0.316 e. The Balaban J connectivity index is 2.31. The van der Waals surface area contributed by atoms with Gasteiger partial charge in [0, 0.05) is 6.04 Å². The zero-order chi connectivity index (χ0) is 12.3. The lowest BCUT2D eigenvalue weighted by atomic mass is 9.95. The summed E-state index contributed by atoms with van der Waals surface area (Å²) in [4.78, 5) is 0.451. The van der Waals surface area contributed by atoms with E-state index in [1.807, 2.05) is 13.1 Å². The van der Waals surface area contributed by atoms with Gasteiger partial charge in [-0.3, -0.25) is 0 Å². The summed E-state index contributed by atoms with van der Waals surface area (Å²) in [7, 11) is -1.34. The summed E-state index contributed by atoms with van der Waals surface area (Å²) in [5.41, 5.74) is 0. The van der Waals surface area contributed by atoms with Gasteiger partial charge in [-0.05, 0) is 32.0 Å². The maximum atomic E-state index is 12.5. The smallest absolute Gasteiger partial charge is 0.182 e. The van der Waals surface area contributed by atoms with Crippen LogP contribution >= 0.6 is 0 Å². The predicted octanol–water partition coefficient (Wildman–Crippen LogP) is 1.99. The molecule has 1 saturated carbocycles. The van der Waals surface area contributed by atoms with Gasteiger partial charge >= 0.3 is 0 Å². The van der Waals surface area contributed by atoms with Crippen molar-refractivity contribution in [2.24, 2.45) is 0 Å². The molecule has 0 aromatic heterocycles. The van der Waals surface area contributed by atoms with Gasteiger partial charge in [-0.25, -0.2) is 8.42 Å². The largest absolute Gasteiger partial charge is 0.316 e. The summed E-state index contributed by atoms with van der Waals surface area (Å²) in [5.74, 6) is 0. The second kappa shape index (κ2) is 5.19. The number of hydrogen-bond donors (Lipinski definition) is 1. The molecular formula is C13H19NO2S. The van der Waals surface area contributed by atoms with Gasteiger partial charge in [0.2, 0.25) is 0 Å². The van der Waals surface area contributed by atoms with Gasteiger partial charge in [0.1, 0.15) is 0 Å². The fourth-order valence-corrected chi connectivity index (χ4v) is 4.65. The zero-order valence-electron chi connectivity index (χ0n) is 10.1. The van der Waals surface area contributed by atoms with E-state index in [4.69, 9.17) is 0 Å². The molecule has 0 spiro atoms. The molecule has 94 valence electrons. The van der Waals surface area contributed by atoms with Crippen molar-refractivity contribution >= 4 is 9.84 Å². The lowest BCUT2D eigenvalue weighted by Crippen LogP contribution is -2.44. The van der Waals surface area contributed by atoms with Crippen molar-refractivity contribution in [3.8, 4) is 0 Å². The van der Waals surface area contributed by atoms with Crippen LogP contribution in [0.5, 0.6) is 0 Å². The second-order valence-corrected chi connectivity index (χ2v) is 6.74. The maximum absolute atomic E-state index is 12.5. The molecule has 2 rings (SSSR count). The Morgan fingerprint density at radius 1 is 1.12 bits per heavy atom. The van der Waals surface area contributed by atoms with E-state index in [2.05, 4.69) is 5.32 Å². The van der Waals surface area contributed by atoms with Gasteiger partial charge in [-0.15, -0.1) is 0 Å². The second-order valence-electron chi connectivity index (χ2n) is 4.58. The lowest BCUT2D eigenvalue weighted by molar-refractivity contribution is 0.390. The Morgan fingerprint density at radius 2 is 1.76 bits per heavy atom. The van der Waals surface area contributed by atoms with E-state index in [9.17, 15) is 8.42 Å². The van der Waals surface area contributed by atoms with Crippen LogP contribution in [-0.4, -0.2) is 26.8 Å². The number of sulfone groups is 1. The SMILES string of the molecule is CNC1CCCCC1S(=O)(=O)c1ccccc1. The minimum atomic E-state index is -3.19. The Morgan fingerprint density at radius 3 is 2.41 bits per heavy atom. The first-order chi connectivity index (χ1) is 8.16. The molecule has 0 bridgehead atoms. The molecule has 17 heavy (non-hydrogen) atoms. The molecule has 1 fully saturated rings. The summed E-state index contributed by atoms with van der Waals surface area (Å²) in [6.07, 6.45) is 3.84. The topological polar surface area (TPSA) is 46.2 Å². The van der Waals surface area contributed by atoms with Crippen molar-refractivity contribution in [2.75, 3.05) is 7.05 Å². The first kappa shape index (κ1) is 12.6. The van der Waals surface area contributed by atoms with Crippen molar-refractivity contribution in [1.29, 1.82) is 0 Å². The molecule has 0 saturated heterocycles. The van der Waals surface area contributed by atoms with Gasteiger partial charge in [0.15, 0.2) is 9.84 Å². The standard InChI is InChI=1S/C13H19NO2S/c1-14-12-9-5-6-10-13(12)17(15,16)11-7-3-2-4-8-11/h2-4,7-8,12-14H,5-6,9-10H2,1H3. The first-order valence-electron chi connectivity index (χ1n) is 6.12. The molecule has 0 radical (unpaired) electrons. The van der Waals surface area contributed by atoms with Crippen LogP contribution in [0.15, 0.2) is 35.2 Å². The normalized spacial score (nSPS) is 25.7. The van der Waals surface area contributed by atoms with Crippen LogP contribution < -0.4 is 5.32 Å². The number of nitrogens with one attached hydrogen (secondary N) is 1. The van der Waals surface area contributed by atoms with Crippen LogP contribution in [0, 0.1) is 0 Å². The molecule has 1 aromatic carbocycles. The third kappa shape index (κ3) is 2.53. The van der Waals surface area contributed by atoms with Crippen molar-refractivity contribution in [2.45, 2.75) is 41.9 Å².